The Kier molecular flexibility index (Phi) is 6.19. The van der Waals surface area contributed by atoms with Gasteiger partial charge < -0.3 is 20.9 Å². The number of hydrogen-bond acceptors (Lipinski definition) is 4. The first-order valence-electron chi connectivity index (χ1n) is 6.44. The fourth-order valence-electron chi connectivity index (χ4n) is 1.61. The van der Waals surface area contributed by atoms with Gasteiger partial charge in [0.15, 0.2) is 6.61 Å². The van der Waals surface area contributed by atoms with E-state index in [2.05, 4.69) is 5.32 Å². The fraction of sp³-hybridized carbons (Fsp3) is 0.357. The number of benzene rings is 1. The van der Waals surface area contributed by atoms with Gasteiger partial charge in [-0.15, -0.1) is 0 Å². The Balaban J connectivity index is 2.48. The largest absolute Gasteiger partial charge is 0.484 e. The molecule has 0 unspecified atom stereocenters. The van der Waals surface area contributed by atoms with Crippen LogP contribution in [0.5, 0.6) is 5.75 Å². The summed E-state index contributed by atoms with van der Waals surface area (Å²) in [5, 5.41) is 11.0. The smallest absolute Gasteiger partial charge is 0.326 e. The second kappa shape index (κ2) is 7.88. The van der Waals surface area contributed by atoms with Gasteiger partial charge in [0.05, 0.1) is 6.42 Å². The molecule has 0 aliphatic rings. The average Bonchev–Trinajstić information content (AvgIpc) is 2.44. The lowest BCUT2D eigenvalue weighted by Crippen LogP contribution is -2.45. The van der Waals surface area contributed by atoms with E-state index in [4.69, 9.17) is 15.6 Å². The molecule has 0 spiro atoms. The molecule has 1 aromatic rings. The number of nitrogens with two attached hydrogens (primary N) is 1. The van der Waals surface area contributed by atoms with E-state index in [1.807, 2.05) is 19.1 Å². The van der Waals surface area contributed by atoms with Crippen molar-refractivity contribution < 1.29 is 24.2 Å². The molecule has 114 valence electrons. The second-order valence-corrected chi connectivity index (χ2v) is 4.41. The summed E-state index contributed by atoms with van der Waals surface area (Å²) in [5.41, 5.74) is 6.05. The fourth-order valence-corrected chi connectivity index (χ4v) is 1.61. The van der Waals surface area contributed by atoms with Gasteiger partial charge in [-0.3, -0.25) is 9.59 Å². The van der Waals surface area contributed by atoms with Crippen LogP contribution in [-0.2, 0) is 20.8 Å². The zero-order valence-corrected chi connectivity index (χ0v) is 11.7. The van der Waals surface area contributed by atoms with Crippen molar-refractivity contribution in [2.24, 2.45) is 5.73 Å². The molecule has 0 aliphatic carbocycles. The summed E-state index contributed by atoms with van der Waals surface area (Å²) < 4.78 is 5.23. The van der Waals surface area contributed by atoms with Gasteiger partial charge in [0.25, 0.3) is 5.91 Å². The summed E-state index contributed by atoms with van der Waals surface area (Å²) in [4.78, 5) is 33.1. The molecule has 0 heterocycles. The summed E-state index contributed by atoms with van der Waals surface area (Å²) >= 11 is 0. The van der Waals surface area contributed by atoms with Crippen molar-refractivity contribution >= 4 is 17.8 Å². The van der Waals surface area contributed by atoms with Crippen LogP contribution in [-0.4, -0.2) is 35.5 Å². The quantitative estimate of drug-likeness (QED) is 0.627. The second-order valence-electron chi connectivity index (χ2n) is 4.41. The Labute approximate surface area is 122 Å². The van der Waals surface area contributed by atoms with Crippen LogP contribution in [0.4, 0.5) is 0 Å². The maximum atomic E-state index is 11.6. The molecular formula is C14H18N2O5. The van der Waals surface area contributed by atoms with Crippen LogP contribution < -0.4 is 15.8 Å². The minimum atomic E-state index is -1.35. The number of aliphatic carboxylic acids is 1. The Morgan fingerprint density at radius 2 is 1.90 bits per heavy atom. The van der Waals surface area contributed by atoms with Crippen LogP contribution in [0.25, 0.3) is 0 Å². The average molecular weight is 294 g/mol. The lowest BCUT2D eigenvalue weighted by molar-refractivity contribution is -0.143. The predicted molar refractivity (Wildman–Crippen MR) is 74.7 cm³/mol. The molecule has 2 amide bonds. The third kappa shape index (κ3) is 5.94. The first-order chi connectivity index (χ1) is 9.92. The van der Waals surface area contributed by atoms with Crippen molar-refractivity contribution in [1.29, 1.82) is 0 Å². The van der Waals surface area contributed by atoms with Crippen LogP contribution in [0.1, 0.15) is 18.9 Å². The molecule has 1 aromatic carbocycles. The van der Waals surface area contributed by atoms with Crippen LogP contribution in [0.15, 0.2) is 24.3 Å². The zero-order valence-electron chi connectivity index (χ0n) is 11.7. The number of ether oxygens (including phenoxy) is 1. The van der Waals surface area contributed by atoms with E-state index < -0.39 is 30.2 Å². The van der Waals surface area contributed by atoms with E-state index in [-0.39, 0.29) is 6.61 Å². The molecule has 0 aliphatic heterocycles. The molecule has 0 bridgehead atoms. The third-order valence-electron chi connectivity index (χ3n) is 2.74. The van der Waals surface area contributed by atoms with Crippen LogP contribution in [0, 0.1) is 0 Å². The lowest BCUT2D eigenvalue weighted by Gasteiger charge is -2.13. The molecule has 0 radical (unpaired) electrons. The molecule has 21 heavy (non-hydrogen) atoms. The number of carboxylic acid groups (broad SMARTS) is 1. The van der Waals surface area contributed by atoms with Gasteiger partial charge >= 0.3 is 5.97 Å². The number of aryl methyl sites for hydroxylation is 1. The van der Waals surface area contributed by atoms with Crippen molar-refractivity contribution in [3.63, 3.8) is 0 Å². The maximum absolute atomic E-state index is 11.6. The summed E-state index contributed by atoms with van der Waals surface area (Å²) in [5.74, 6) is -2.26. The molecule has 7 heteroatoms. The number of carbonyl (C=O) groups is 3. The van der Waals surface area contributed by atoms with Gasteiger partial charge in [-0.25, -0.2) is 4.79 Å². The van der Waals surface area contributed by atoms with Gasteiger partial charge in [0.1, 0.15) is 11.8 Å². The van der Waals surface area contributed by atoms with Crippen molar-refractivity contribution in [2.75, 3.05) is 6.61 Å². The Morgan fingerprint density at radius 3 is 2.38 bits per heavy atom. The number of carboxylic acids is 1. The van der Waals surface area contributed by atoms with Crippen molar-refractivity contribution in [3.05, 3.63) is 29.8 Å². The first kappa shape index (κ1) is 16.5. The normalized spacial score (nSPS) is 11.5. The van der Waals surface area contributed by atoms with E-state index in [1.54, 1.807) is 12.1 Å². The highest BCUT2D eigenvalue weighted by Crippen LogP contribution is 2.12. The molecule has 0 saturated carbocycles. The van der Waals surface area contributed by atoms with Crippen molar-refractivity contribution in [1.82, 2.24) is 5.32 Å². The number of amides is 2. The van der Waals surface area contributed by atoms with Crippen LogP contribution in [0.2, 0.25) is 0 Å². The van der Waals surface area contributed by atoms with E-state index >= 15 is 0 Å². The lowest BCUT2D eigenvalue weighted by atomic mass is 10.2. The number of primary amides is 1. The predicted octanol–water partition coefficient (Wildman–Crippen LogP) is 0.0726. The Hall–Kier alpha value is -2.57. The number of hydrogen-bond donors (Lipinski definition) is 3. The number of rotatable bonds is 8. The van der Waals surface area contributed by atoms with E-state index in [0.717, 1.165) is 12.0 Å². The van der Waals surface area contributed by atoms with E-state index in [0.29, 0.717) is 5.75 Å². The van der Waals surface area contributed by atoms with E-state index in [1.165, 1.54) is 0 Å². The van der Waals surface area contributed by atoms with Gasteiger partial charge in [0.2, 0.25) is 5.91 Å². The monoisotopic (exact) mass is 294 g/mol. The molecule has 0 saturated heterocycles. The van der Waals surface area contributed by atoms with E-state index in [9.17, 15) is 14.4 Å². The molecule has 1 rings (SSSR count). The maximum Gasteiger partial charge on any atom is 0.326 e. The molecule has 0 fully saturated rings. The molecule has 7 nitrogen and oxygen atoms in total. The molecule has 0 aromatic heterocycles. The number of carbonyl (C=O) groups excluding carboxylic acids is 2. The Bertz CT molecular complexity index is 513. The standard InChI is InChI=1S/C14H18N2O5/c1-2-9-3-5-10(6-4-9)21-8-13(18)16-11(14(19)20)7-12(15)17/h3-6,11H,2,7-8H2,1H3,(H2,15,17)(H,16,18)(H,19,20)/t11-/m0/s1. The van der Waals surface area contributed by atoms with Crippen molar-refractivity contribution in [2.45, 2.75) is 25.8 Å². The zero-order chi connectivity index (χ0) is 15.8. The first-order valence-corrected chi connectivity index (χ1v) is 6.44. The highest BCUT2D eigenvalue weighted by atomic mass is 16.5. The third-order valence-corrected chi connectivity index (χ3v) is 2.74. The molecule has 4 N–H and O–H groups in total. The van der Waals surface area contributed by atoms with Gasteiger partial charge in [-0.2, -0.15) is 0 Å². The summed E-state index contributed by atoms with van der Waals surface area (Å²) in [6, 6.07) is 5.86. The highest BCUT2D eigenvalue weighted by molar-refractivity contribution is 5.88. The van der Waals surface area contributed by atoms with Gasteiger partial charge in [-0.05, 0) is 24.1 Å². The minimum Gasteiger partial charge on any atom is -0.484 e. The minimum absolute atomic E-state index is 0.339. The van der Waals surface area contributed by atoms with Gasteiger partial charge in [-0.1, -0.05) is 19.1 Å². The summed E-state index contributed by atoms with van der Waals surface area (Å²) in [7, 11) is 0. The SMILES string of the molecule is CCc1ccc(OCC(=O)N[C@@H](CC(N)=O)C(=O)O)cc1. The molecule has 1 atom stereocenters. The van der Waals surface area contributed by atoms with Gasteiger partial charge in [0, 0.05) is 0 Å². The van der Waals surface area contributed by atoms with Crippen molar-refractivity contribution in [3.8, 4) is 5.75 Å². The Morgan fingerprint density at radius 1 is 1.29 bits per heavy atom. The highest BCUT2D eigenvalue weighted by Gasteiger charge is 2.22. The summed E-state index contributed by atoms with van der Waals surface area (Å²) in [6.07, 6.45) is 0.431. The topological polar surface area (TPSA) is 119 Å². The van der Waals surface area contributed by atoms with Crippen LogP contribution in [0.3, 0.4) is 0 Å². The summed E-state index contributed by atoms with van der Waals surface area (Å²) in [6.45, 7) is 1.68. The number of nitrogens with one attached hydrogen (secondary N) is 1. The van der Waals surface area contributed by atoms with Crippen LogP contribution >= 0.6 is 0 Å². The molecular weight excluding hydrogens is 276 g/mol.